The second-order valence-corrected chi connectivity index (χ2v) is 29.7. The maximum atomic E-state index is 11.4. The zero-order chi connectivity index (χ0) is 44.0. The normalized spacial score (nSPS) is 27.9. The molecule has 2 heterocycles. The molecule has 0 aliphatic carbocycles. The van der Waals surface area contributed by atoms with Gasteiger partial charge in [-0.1, -0.05) is 97.9 Å². The average molecular weight is 867 g/mol. The number of benzene rings is 1. The van der Waals surface area contributed by atoms with Crippen LogP contribution in [0.1, 0.15) is 113 Å². The Balaban J connectivity index is 1.91. The highest BCUT2D eigenvalue weighted by molar-refractivity contribution is 6.77. The summed E-state index contributed by atoms with van der Waals surface area (Å²) in [4.78, 5) is 0. The number of ether oxygens (including phenoxy) is 7. The number of aliphatic hydroxyl groups excluding tert-OH is 1. The molecule has 0 spiro atoms. The number of hydrogen-bond acceptors (Lipinski definition) is 10. The Morgan fingerprint density at radius 3 is 2.10 bits per heavy atom. The van der Waals surface area contributed by atoms with Crippen LogP contribution in [-0.4, -0.2) is 111 Å². The third-order valence-corrected chi connectivity index (χ3v) is 20.0. The van der Waals surface area contributed by atoms with E-state index in [0.29, 0.717) is 49.3 Å². The molecule has 0 aromatic heterocycles. The summed E-state index contributed by atoms with van der Waals surface area (Å²) in [5.41, 5.74) is 1.13. The summed E-state index contributed by atoms with van der Waals surface area (Å²) in [5.74, 6) is 0.179. The summed E-state index contributed by atoms with van der Waals surface area (Å²) < 4.78 is 57.8. The molecule has 0 unspecified atom stereocenters. The fourth-order valence-corrected chi connectivity index (χ4v) is 17.0. The first-order valence-electron chi connectivity index (χ1n) is 22.6. The smallest absolute Gasteiger partial charge is 0.201 e. The van der Waals surface area contributed by atoms with Crippen molar-refractivity contribution in [3.63, 3.8) is 0 Å². The summed E-state index contributed by atoms with van der Waals surface area (Å²) >= 11 is 0. The molecule has 2 aliphatic rings. The largest absolute Gasteiger partial charge is 0.410 e. The number of aliphatic hydroxyl groups is 1. The molecule has 1 aromatic carbocycles. The minimum Gasteiger partial charge on any atom is -0.410 e. The lowest BCUT2D eigenvalue weighted by atomic mass is 9.86. The zero-order valence-corrected chi connectivity index (χ0v) is 41.8. The van der Waals surface area contributed by atoms with Gasteiger partial charge in [0.25, 0.3) is 0 Å². The molecule has 2 aliphatic heterocycles. The predicted octanol–water partition coefficient (Wildman–Crippen LogP) is 10.4. The highest BCUT2D eigenvalue weighted by atomic mass is 28.4. The van der Waals surface area contributed by atoms with Crippen LogP contribution in [0.3, 0.4) is 0 Å². The molecule has 2 saturated heterocycles. The number of methoxy groups -OCH3 is 2. The molecule has 0 bridgehead atoms. The van der Waals surface area contributed by atoms with Crippen LogP contribution in [0.2, 0.25) is 36.3 Å². The van der Waals surface area contributed by atoms with Gasteiger partial charge in [-0.3, -0.25) is 0 Å². The summed E-state index contributed by atoms with van der Waals surface area (Å²) in [5, 5.41) is 11.4. The predicted molar refractivity (Wildman–Crippen MR) is 243 cm³/mol. The Hall–Kier alpha value is -1.01. The van der Waals surface area contributed by atoms with E-state index in [4.69, 9.17) is 42.0 Å². The Bertz CT molecular complexity index is 1320. The highest BCUT2D eigenvalue weighted by Gasteiger charge is 2.54. The molecule has 0 radical (unpaired) electrons. The van der Waals surface area contributed by atoms with Gasteiger partial charge >= 0.3 is 0 Å². The van der Waals surface area contributed by atoms with Crippen molar-refractivity contribution < 1.29 is 47.1 Å². The fourth-order valence-electron chi connectivity index (χ4n) is 9.81. The molecule has 1 aromatic rings. The van der Waals surface area contributed by atoms with Gasteiger partial charge < -0.3 is 47.1 Å². The molecular formula is C47H86O10Si2. The first-order chi connectivity index (χ1) is 27.7. The summed E-state index contributed by atoms with van der Waals surface area (Å²) in [6.45, 7) is 31.2. The first kappa shape index (κ1) is 52.3. The monoisotopic (exact) mass is 867 g/mol. The highest BCUT2D eigenvalue weighted by Crippen LogP contribution is 2.46. The third kappa shape index (κ3) is 15.3. The molecule has 3 rings (SSSR count). The van der Waals surface area contributed by atoms with Crippen LogP contribution in [0.5, 0.6) is 0 Å². The molecule has 2 fully saturated rings. The molecule has 0 saturated carbocycles. The summed E-state index contributed by atoms with van der Waals surface area (Å²) in [6, 6.07) is 10.2. The summed E-state index contributed by atoms with van der Waals surface area (Å²) in [7, 11) is -1.10. The van der Waals surface area contributed by atoms with Gasteiger partial charge in [-0.25, -0.2) is 0 Å². The maximum Gasteiger partial charge on any atom is 0.201 e. The molecule has 342 valence electrons. The number of hydrogen-bond donors (Lipinski definition) is 1. The second kappa shape index (κ2) is 24.2. The topological polar surface area (TPSA) is 103 Å². The molecule has 0 amide bonds. The van der Waals surface area contributed by atoms with Crippen molar-refractivity contribution in [2.75, 3.05) is 41.0 Å². The van der Waals surface area contributed by atoms with E-state index in [0.717, 1.165) is 31.2 Å². The lowest BCUT2D eigenvalue weighted by molar-refractivity contribution is -0.276. The van der Waals surface area contributed by atoms with E-state index >= 15 is 0 Å². The SMILES string of the molecule is COCOC[C@@]1(C)O[C@H]2CC[C@@](C)(O[Si](C)(C)C)[C@H](C[C@H](/C=C\C[C@H](C)[C@@H](O)[C@H](C)CCOCc3ccccc3)O[Si](C(C)C)(C(C)C)C(C)C)O[C@@H]2C[C@@H]1OCOC. The van der Waals surface area contributed by atoms with Gasteiger partial charge in [0.15, 0.2) is 8.32 Å². The third-order valence-electron chi connectivity index (χ3n) is 12.8. The lowest BCUT2D eigenvalue weighted by Crippen LogP contribution is -2.59. The van der Waals surface area contributed by atoms with Gasteiger partial charge in [-0.2, -0.15) is 0 Å². The van der Waals surface area contributed by atoms with Crippen molar-refractivity contribution in [3.8, 4) is 0 Å². The van der Waals surface area contributed by atoms with E-state index < -0.39 is 33.9 Å². The van der Waals surface area contributed by atoms with Crippen molar-refractivity contribution >= 4 is 16.6 Å². The van der Waals surface area contributed by atoms with Crippen LogP contribution in [0, 0.1) is 11.8 Å². The van der Waals surface area contributed by atoms with Crippen LogP contribution >= 0.6 is 0 Å². The van der Waals surface area contributed by atoms with Gasteiger partial charge in [-0.15, -0.1) is 0 Å². The Kier molecular flexibility index (Phi) is 21.4. The van der Waals surface area contributed by atoms with Crippen molar-refractivity contribution in [1.82, 2.24) is 0 Å². The molecule has 59 heavy (non-hydrogen) atoms. The van der Waals surface area contributed by atoms with E-state index in [-0.39, 0.29) is 55.9 Å². The van der Waals surface area contributed by atoms with Crippen LogP contribution in [0.25, 0.3) is 0 Å². The Morgan fingerprint density at radius 2 is 1.51 bits per heavy atom. The Morgan fingerprint density at radius 1 is 0.864 bits per heavy atom. The molecule has 10 atom stereocenters. The van der Waals surface area contributed by atoms with E-state index in [1.54, 1.807) is 14.2 Å². The zero-order valence-electron chi connectivity index (χ0n) is 39.8. The fraction of sp³-hybridized carbons (Fsp3) is 0.830. The van der Waals surface area contributed by atoms with E-state index in [1.807, 2.05) is 18.2 Å². The van der Waals surface area contributed by atoms with Gasteiger partial charge in [0.1, 0.15) is 19.2 Å². The van der Waals surface area contributed by atoms with Crippen LogP contribution in [0.15, 0.2) is 42.5 Å². The van der Waals surface area contributed by atoms with Crippen LogP contribution in [-0.2, 0) is 48.6 Å². The maximum absolute atomic E-state index is 11.4. The number of fused-ring (bicyclic) bond motifs is 1. The van der Waals surface area contributed by atoms with Gasteiger partial charge in [0, 0.05) is 33.7 Å². The van der Waals surface area contributed by atoms with Gasteiger partial charge in [0.2, 0.25) is 8.32 Å². The van der Waals surface area contributed by atoms with E-state index in [2.05, 4.69) is 113 Å². The minimum atomic E-state index is -2.32. The average Bonchev–Trinajstić information content (AvgIpc) is 3.28. The number of allylic oxidation sites excluding steroid dienone is 1. The first-order valence-corrected chi connectivity index (χ1v) is 28.1. The minimum absolute atomic E-state index is 0.0688. The molecule has 10 nitrogen and oxygen atoms in total. The molecule has 12 heteroatoms. The van der Waals surface area contributed by atoms with E-state index in [9.17, 15) is 5.11 Å². The van der Waals surface area contributed by atoms with E-state index in [1.165, 1.54) is 0 Å². The number of rotatable bonds is 26. The van der Waals surface area contributed by atoms with Crippen molar-refractivity contribution in [2.24, 2.45) is 11.8 Å². The second-order valence-electron chi connectivity index (χ2n) is 19.9. The van der Waals surface area contributed by atoms with Crippen LogP contribution in [0.4, 0.5) is 0 Å². The van der Waals surface area contributed by atoms with Crippen molar-refractivity contribution in [1.29, 1.82) is 0 Å². The van der Waals surface area contributed by atoms with Crippen molar-refractivity contribution in [3.05, 3.63) is 48.0 Å². The van der Waals surface area contributed by atoms with Crippen LogP contribution < -0.4 is 0 Å². The summed E-state index contributed by atoms with van der Waals surface area (Å²) in [6.07, 6.45) is 7.30. The molecule has 1 N–H and O–H groups in total. The molecular weight excluding hydrogens is 781 g/mol. The van der Waals surface area contributed by atoms with Gasteiger partial charge in [-0.05, 0) is 93.2 Å². The van der Waals surface area contributed by atoms with Crippen molar-refractivity contribution in [2.45, 2.75) is 198 Å². The lowest BCUT2D eigenvalue weighted by Gasteiger charge is -2.48. The Labute approximate surface area is 362 Å². The van der Waals surface area contributed by atoms with Gasteiger partial charge in [0.05, 0.1) is 55.4 Å². The quantitative estimate of drug-likeness (QED) is 0.0419. The standard InChI is InChI=1S/C47H86O10Si2/c1-34(2)59(35(3)4,36(5)6)56-40(23-19-20-37(7)45(48)38(8)25-27-51-30-39-21-17-16-18-22-39)28-44-46(9,57-58(13,14)15)26-24-41-42(54-44)29-43(53-33-50-12)47(10,55-41)31-52-32-49-11/h16-19,21-23,34-38,40-45,48H,20,24-33H2,1-15H3/b23-19-/t37-,38+,40-,41-,42+,43-,44-,45+,46+,47+/m0/s1.